The average Bonchev–Trinajstić information content (AvgIpc) is 1.36. The Balaban J connectivity index is 2.99. The second kappa shape index (κ2) is 2.12. The highest BCUT2D eigenvalue weighted by Crippen LogP contribution is 1.79. The molecule has 0 heterocycles. The molecular formula is C3H9NO2+. The van der Waals surface area contributed by atoms with E-state index in [4.69, 9.17) is 10.4 Å². The summed E-state index contributed by atoms with van der Waals surface area (Å²) in [6, 6.07) is -0.204. The molecule has 0 aromatic carbocycles. The van der Waals surface area contributed by atoms with Gasteiger partial charge in [0.15, 0.2) is 5.23 Å². The lowest BCUT2D eigenvalue weighted by Crippen LogP contribution is -2.28. The summed E-state index contributed by atoms with van der Waals surface area (Å²) < 4.78 is 0. The molecule has 6 heavy (non-hydrogen) atoms. The van der Waals surface area contributed by atoms with Crippen molar-refractivity contribution in [3.05, 3.63) is 0 Å². The third-order valence-corrected chi connectivity index (χ3v) is 0.462. The van der Waals surface area contributed by atoms with E-state index in [1.165, 1.54) is 0 Å². The van der Waals surface area contributed by atoms with E-state index in [9.17, 15) is 0 Å². The van der Waals surface area contributed by atoms with E-state index >= 15 is 0 Å². The van der Waals surface area contributed by atoms with Crippen LogP contribution in [0.3, 0.4) is 0 Å². The van der Waals surface area contributed by atoms with Crippen LogP contribution in [-0.4, -0.2) is 16.5 Å². The Morgan fingerprint density at radius 3 is 1.50 bits per heavy atom. The molecular weight excluding hydrogens is 82.0 g/mol. The Labute approximate surface area is 36.7 Å². The summed E-state index contributed by atoms with van der Waals surface area (Å²) in [6.07, 6.45) is 0. The highest BCUT2D eigenvalue weighted by atomic mass is 16.8. The lowest BCUT2D eigenvalue weighted by Gasteiger charge is -1.91. The maximum Gasteiger partial charge on any atom is 0.205 e. The summed E-state index contributed by atoms with van der Waals surface area (Å²) in [7, 11) is 0. The number of hydrogen-bond acceptors (Lipinski definition) is 3. The number of hydrogen-bond donors (Lipinski definition) is 2. The van der Waals surface area contributed by atoms with Gasteiger partial charge in [0.25, 0.3) is 0 Å². The first-order valence-corrected chi connectivity index (χ1v) is 1.81. The molecule has 0 aromatic rings. The molecule has 0 aliphatic rings. The van der Waals surface area contributed by atoms with Crippen molar-refractivity contribution >= 4 is 0 Å². The minimum absolute atomic E-state index is 0.167. The topological polar surface area (TPSA) is 46.4 Å². The van der Waals surface area contributed by atoms with E-state index in [1.807, 2.05) is 0 Å². The minimum Gasteiger partial charge on any atom is -0.124 e. The van der Waals surface area contributed by atoms with Gasteiger partial charge in [0.2, 0.25) is 6.04 Å². The molecule has 1 radical (unpaired) electrons. The summed E-state index contributed by atoms with van der Waals surface area (Å²) >= 11 is 0. The molecule has 0 saturated carbocycles. The SMILES string of the molecule is CC(C)[N+](O)O. The molecule has 0 saturated heterocycles. The molecule has 0 aliphatic heterocycles. The van der Waals surface area contributed by atoms with E-state index in [1.54, 1.807) is 13.8 Å². The number of hydroxylamine groups is 2. The van der Waals surface area contributed by atoms with Gasteiger partial charge in [-0.05, 0) is 13.8 Å². The van der Waals surface area contributed by atoms with E-state index < -0.39 is 0 Å². The van der Waals surface area contributed by atoms with Crippen molar-refractivity contribution in [2.24, 2.45) is 0 Å². The zero-order chi connectivity index (χ0) is 5.15. The van der Waals surface area contributed by atoms with Crippen LogP contribution in [0.15, 0.2) is 0 Å². The predicted molar refractivity (Wildman–Crippen MR) is 20.8 cm³/mol. The first kappa shape index (κ1) is 5.88. The minimum atomic E-state index is -0.204. The van der Waals surface area contributed by atoms with Gasteiger partial charge in [0, 0.05) is 0 Å². The normalized spacial score (nSPS) is 11.0. The van der Waals surface area contributed by atoms with Crippen molar-refractivity contribution in [2.75, 3.05) is 0 Å². The molecule has 0 spiro atoms. The highest BCUT2D eigenvalue weighted by molar-refractivity contribution is 4.39. The lowest BCUT2D eigenvalue weighted by atomic mass is 10.4. The van der Waals surface area contributed by atoms with E-state index in [0.29, 0.717) is 0 Å². The van der Waals surface area contributed by atoms with Gasteiger partial charge in [-0.2, -0.15) is 0 Å². The maximum absolute atomic E-state index is 8.02. The summed E-state index contributed by atoms with van der Waals surface area (Å²) in [6.45, 7) is 3.33. The number of nitrogens with zero attached hydrogens (tertiary/aromatic N) is 1. The Morgan fingerprint density at radius 2 is 1.50 bits per heavy atom. The zero-order valence-corrected chi connectivity index (χ0v) is 3.92. The van der Waals surface area contributed by atoms with Crippen molar-refractivity contribution in [3.8, 4) is 0 Å². The van der Waals surface area contributed by atoms with E-state index in [2.05, 4.69) is 0 Å². The fraction of sp³-hybridized carbons (Fsp3) is 1.00. The third kappa shape index (κ3) is 2.14. The Bertz CT molecular complexity index is 29.8. The highest BCUT2D eigenvalue weighted by Gasteiger charge is 2.11. The van der Waals surface area contributed by atoms with Crippen LogP contribution in [0.25, 0.3) is 0 Å². The van der Waals surface area contributed by atoms with Gasteiger partial charge in [-0.15, -0.1) is 10.4 Å². The quantitative estimate of drug-likeness (QED) is 0.456. The average molecular weight is 91.1 g/mol. The van der Waals surface area contributed by atoms with Crippen LogP contribution >= 0.6 is 0 Å². The molecule has 3 heteroatoms. The summed E-state index contributed by atoms with van der Waals surface area (Å²) in [4.78, 5) is 0. The van der Waals surface area contributed by atoms with Crippen LogP contribution in [0.2, 0.25) is 0 Å². The second-order valence-electron chi connectivity index (χ2n) is 1.41. The zero-order valence-electron chi connectivity index (χ0n) is 3.92. The molecule has 0 rings (SSSR count). The van der Waals surface area contributed by atoms with Crippen LogP contribution in [0.5, 0.6) is 0 Å². The molecule has 0 amide bonds. The first-order valence-electron chi connectivity index (χ1n) is 1.81. The van der Waals surface area contributed by atoms with Gasteiger partial charge in [-0.1, -0.05) is 0 Å². The van der Waals surface area contributed by atoms with Gasteiger partial charge in [0.1, 0.15) is 0 Å². The molecule has 0 aromatic heterocycles. The molecule has 0 bridgehead atoms. The standard InChI is InChI=1S/C3H9NO2/c1-3(2)4(5)6/h3,5-6H,1-2H3/q+1. The molecule has 3 nitrogen and oxygen atoms in total. The van der Waals surface area contributed by atoms with Gasteiger partial charge < -0.3 is 0 Å². The van der Waals surface area contributed by atoms with Crippen molar-refractivity contribution in [1.29, 1.82) is 0 Å². The second-order valence-corrected chi connectivity index (χ2v) is 1.41. The molecule has 0 fully saturated rings. The number of rotatable bonds is 1. The Morgan fingerprint density at radius 1 is 1.33 bits per heavy atom. The van der Waals surface area contributed by atoms with Crippen LogP contribution < -0.4 is 5.23 Å². The summed E-state index contributed by atoms with van der Waals surface area (Å²) in [5, 5.41) is 16.2. The maximum atomic E-state index is 8.02. The van der Waals surface area contributed by atoms with Crippen molar-refractivity contribution in [2.45, 2.75) is 19.9 Å². The molecule has 0 atom stereocenters. The predicted octanol–water partition coefficient (Wildman–Crippen LogP) is 0.313. The monoisotopic (exact) mass is 91.1 g/mol. The molecule has 37 valence electrons. The van der Waals surface area contributed by atoms with E-state index in [-0.39, 0.29) is 11.3 Å². The van der Waals surface area contributed by atoms with Crippen LogP contribution in [0, 0.1) is 0 Å². The summed E-state index contributed by atoms with van der Waals surface area (Å²) in [5.41, 5.74) is 0. The fourth-order valence-corrected chi connectivity index (χ4v) is 0. The van der Waals surface area contributed by atoms with E-state index in [0.717, 1.165) is 0 Å². The third-order valence-electron chi connectivity index (χ3n) is 0.462. The van der Waals surface area contributed by atoms with Gasteiger partial charge in [-0.3, -0.25) is 0 Å². The van der Waals surface area contributed by atoms with Crippen LogP contribution in [-0.2, 0) is 0 Å². The Kier molecular flexibility index (Phi) is 2.08. The molecule has 0 aliphatic carbocycles. The summed E-state index contributed by atoms with van der Waals surface area (Å²) in [5.74, 6) is 0. The lowest BCUT2D eigenvalue weighted by molar-refractivity contribution is -0.223. The van der Waals surface area contributed by atoms with Crippen LogP contribution in [0.1, 0.15) is 13.8 Å². The molecule has 0 unspecified atom stereocenters. The Hall–Kier alpha value is -0.120. The fourth-order valence-electron chi connectivity index (χ4n) is 0. The van der Waals surface area contributed by atoms with Gasteiger partial charge >= 0.3 is 0 Å². The smallest absolute Gasteiger partial charge is 0.124 e. The van der Waals surface area contributed by atoms with Gasteiger partial charge in [0.05, 0.1) is 0 Å². The van der Waals surface area contributed by atoms with Crippen molar-refractivity contribution in [1.82, 2.24) is 5.23 Å². The molecule has 2 N–H and O–H groups in total. The van der Waals surface area contributed by atoms with Crippen molar-refractivity contribution < 1.29 is 10.4 Å². The van der Waals surface area contributed by atoms with Crippen molar-refractivity contribution in [3.63, 3.8) is 0 Å². The van der Waals surface area contributed by atoms with Crippen LogP contribution in [0.4, 0.5) is 0 Å². The first-order chi connectivity index (χ1) is 2.64. The van der Waals surface area contributed by atoms with Gasteiger partial charge in [-0.25, -0.2) is 0 Å². The largest absolute Gasteiger partial charge is 0.205 e.